The quantitative estimate of drug-likeness (QED) is 0.765. The molecule has 1 rings (SSSR count). The molecule has 0 radical (unpaired) electrons. The van der Waals surface area contributed by atoms with Crippen LogP contribution in [0.4, 0.5) is 18.0 Å². The Morgan fingerprint density at radius 3 is 2.39 bits per heavy atom. The van der Waals surface area contributed by atoms with Crippen molar-refractivity contribution in [2.75, 3.05) is 13.1 Å². The molecule has 0 unspecified atom stereocenters. The Morgan fingerprint density at radius 2 is 1.89 bits per heavy atom. The van der Waals surface area contributed by atoms with Crippen LogP contribution in [-0.2, 0) is 4.74 Å². The van der Waals surface area contributed by atoms with E-state index in [1.54, 1.807) is 20.8 Å². The smallest absolute Gasteiger partial charge is 0.407 e. The maximum absolute atomic E-state index is 12.5. The zero-order chi connectivity index (χ0) is 14.0. The third-order valence-electron chi connectivity index (χ3n) is 2.53. The SMILES string of the molecule is CC(C)(C)OC(=O)N[C@H]1CNC[C@H](C(F)(F)F)C1. The molecule has 0 bridgehead atoms. The highest BCUT2D eigenvalue weighted by molar-refractivity contribution is 5.68. The minimum atomic E-state index is -4.23. The predicted molar refractivity (Wildman–Crippen MR) is 60.2 cm³/mol. The van der Waals surface area contributed by atoms with Crippen LogP contribution in [0.2, 0.25) is 0 Å². The standard InChI is InChI=1S/C11H19F3N2O2/c1-10(2,3)18-9(17)16-8-4-7(5-15-6-8)11(12,13)14/h7-8,15H,4-6H2,1-3H3,(H,16,17)/t7-,8-/m1/s1. The van der Waals surface area contributed by atoms with Gasteiger partial charge < -0.3 is 15.4 Å². The summed E-state index contributed by atoms with van der Waals surface area (Å²) in [6.45, 7) is 5.32. The van der Waals surface area contributed by atoms with Crippen molar-refractivity contribution < 1.29 is 22.7 Å². The largest absolute Gasteiger partial charge is 0.444 e. The van der Waals surface area contributed by atoms with Crippen molar-refractivity contribution in [1.29, 1.82) is 0 Å². The second-order valence-electron chi connectivity index (χ2n) is 5.48. The van der Waals surface area contributed by atoms with Crippen molar-refractivity contribution in [3.8, 4) is 0 Å². The minimum Gasteiger partial charge on any atom is -0.444 e. The molecule has 0 aromatic heterocycles. The van der Waals surface area contributed by atoms with Gasteiger partial charge in [-0.3, -0.25) is 0 Å². The van der Waals surface area contributed by atoms with Crippen LogP contribution in [0.15, 0.2) is 0 Å². The Balaban J connectivity index is 2.46. The molecule has 2 atom stereocenters. The number of piperidine rings is 1. The number of nitrogens with one attached hydrogen (secondary N) is 2. The number of amides is 1. The van der Waals surface area contributed by atoms with Crippen LogP contribution in [-0.4, -0.2) is 37.0 Å². The van der Waals surface area contributed by atoms with Crippen molar-refractivity contribution in [2.24, 2.45) is 5.92 Å². The maximum atomic E-state index is 12.5. The van der Waals surface area contributed by atoms with Crippen LogP contribution in [0.5, 0.6) is 0 Å². The van der Waals surface area contributed by atoms with Gasteiger partial charge in [0.2, 0.25) is 0 Å². The highest BCUT2D eigenvalue weighted by Gasteiger charge is 2.42. The number of halogens is 3. The molecule has 106 valence electrons. The van der Waals surface area contributed by atoms with Gasteiger partial charge in [-0.2, -0.15) is 13.2 Å². The molecule has 1 heterocycles. The van der Waals surface area contributed by atoms with Gasteiger partial charge in [-0.15, -0.1) is 0 Å². The molecule has 0 aromatic rings. The van der Waals surface area contributed by atoms with E-state index in [2.05, 4.69) is 10.6 Å². The number of hydrogen-bond donors (Lipinski definition) is 2. The first kappa shape index (κ1) is 15.1. The van der Waals surface area contributed by atoms with Crippen LogP contribution in [0.3, 0.4) is 0 Å². The molecule has 7 heteroatoms. The molecule has 4 nitrogen and oxygen atoms in total. The second-order valence-corrected chi connectivity index (χ2v) is 5.48. The fourth-order valence-electron chi connectivity index (χ4n) is 1.78. The van der Waals surface area contributed by atoms with Crippen molar-refractivity contribution >= 4 is 6.09 Å². The zero-order valence-electron chi connectivity index (χ0n) is 10.7. The van der Waals surface area contributed by atoms with Gasteiger partial charge in [-0.1, -0.05) is 0 Å². The van der Waals surface area contributed by atoms with Crippen LogP contribution in [0.25, 0.3) is 0 Å². The lowest BCUT2D eigenvalue weighted by molar-refractivity contribution is -0.179. The molecule has 1 amide bonds. The summed E-state index contributed by atoms with van der Waals surface area (Å²) >= 11 is 0. The van der Waals surface area contributed by atoms with Crippen molar-refractivity contribution in [3.63, 3.8) is 0 Å². The molecule has 0 saturated carbocycles. The van der Waals surface area contributed by atoms with E-state index in [1.165, 1.54) is 0 Å². The molecule has 1 aliphatic rings. The van der Waals surface area contributed by atoms with Gasteiger partial charge in [0.25, 0.3) is 0 Å². The van der Waals surface area contributed by atoms with Gasteiger partial charge >= 0.3 is 12.3 Å². The first-order valence-electron chi connectivity index (χ1n) is 5.85. The monoisotopic (exact) mass is 268 g/mol. The lowest BCUT2D eigenvalue weighted by Gasteiger charge is -2.32. The summed E-state index contributed by atoms with van der Waals surface area (Å²) in [6, 6.07) is -0.555. The summed E-state index contributed by atoms with van der Waals surface area (Å²) in [4.78, 5) is 11.4. The van der Waals surface area contributed by atoms with Gasteiger partial charge in [0.15, 0.2) is 0 Å². The van der Waals surface area contributed by atoms with E-state index in [9.17, 15) is 18.0 Å². The van der Waals surface area contributed by atoms with Gasteiger partial charge in [0.05, 0.1) is 5.92 Å². The van der Waals surface area contributed by atoms with E-state index in [1.807, 2.05) is 0 Å². The number of ether oxygens (including phenoxy) is 1. The molecular formula is C11H19F3N2O2. The lowest BCUT2D eigenvalue weighted by Crippen LogP contribution is -2.52. The van der Waals surface area contributed by atoms with Crippen LogP contribution < -0.4 is 10.6 Å². The van der Waals surface area contributed by atoms with Crippen molar-refractivity contribution in [2.45, 2.75) is 45.0 Å². The summed E-state index contributed by atoms with van der Waals surface area (Å²) in [6.07, 6.45) is -5.03. The van der Waals surface area contributed by atoms with E-state index >= 15 is 0 Å². The van der Waals surface area contributed by atoms with E-state index < -0.39 is 29.8 Å². The topological polar surface area (TPSA) is 50.4 Å². The highest BCUT2D eigenvalue weighted by atomic mass is 19.4. The second kappa shape index (κ2) is 5.34. The summed E-state index contributed by atoms with van der Waals surface area (Å²) < 4.78 is 42.6. The summed E-state index contributed by atoms with van der Waals surface area (Å²) in [5.41, 5.74) is -0.657. The van der Waals surface area contributed by atoms with Crippen LogP contribution in [0, 0.1) is 5.92 Å². The Morgan fingerprint density at radius 1 is 1.28 bits per heavy atom. The fourth-order valence-corrected chi connectivity index (χ4v) is 1.78. The Labute approximate surface area is 104 Å². The van der Waals surface area contributed by atoms with Gasteiger partial charge in [0, 0.05) is 19.1 Å². The number of carbonyl (C=O) groups excluding carboxylic acids is 1. The third-order valence-corrected chi connectivity index (χ3v) is 2.53. The molecule has 1 aliphatic heterocycles. The molecule has 0 aliphatic carbocycles. The Hall–Kier alpha value is -0.980. The Bertz CT molecular complexity index is 300. The highest BCUT2D eigenvalue weighted by Crippen LogP contribution is 2.30. The maximum Gasteiger partial charge on any atom is 0.407 e. The van der Waals surface area contributed by atoms with Crippen molar-refractivity contribution in [3.05, 3.63) is 0 Å². The minimum absolute atomic E-state index is 0.101. The molecular weight excluding hydrogens is 249 g/mol. The average molecular weight is 268 g/mol. The average Bonchev–Trinajstić information content (AvgIpc) is 2.13. The van der Waals surface area contributed by atoms with Crippen LogP contribution >= 0.6 is 0 Å². The first-order valence-corrected chi connectivity index (χ1v) is 5.85. The number of hydrogen-bond acceptors (Lipinski definition) is 3. The summed E-state index contributed by atoms with van der Waals surface area (Å²) in [7, 11) is 0. The van der Waals surface area contributed by atoms with Gasteiger partial charge in [-0.25, -0.2) is 4.79 Å². The van der Waals surface area contributed by atoms with Gasteiger partial charge in [-0.05, 0) is 27.2 Å². The number of alkyl carbamates (subject to hydrolysis) is 1. The lowest BCUT2D eigenvalue weighted by atomic mass is 9.95. The molecule has 1 saturated heterocycles. The van der Waals surface area contributed by atoms with Gasteiger partial charge in [0.1, 0.15) is 5.60 Å². The molecule has 2 N–H and O–H groups in total. The Kier molecular flexibility index (Phi) is 4.47. The summed E-state index contributed by atoms with van der Waals surface area (Å²) in [5.74, 6) is -1.42. The first-order chi connectivity index (χ1) is 8.08. The summed E-state index contributed by atoms with van der Waals surface area (Å²) in [5, 5.41) is 5.12. The molecule has 0 aromatic carbocycles. The molecule has 0 spiro atoms. The number of carbonyl (C=O) groups is 1. The third kappa shape index (κ3) is 5.12. The van der Waals surface area contributed by atoms with E-state index in [0.29, 0.717) is 6.54 Å². The fraction of sp³-hybridized carbons (Fsp3) is 0.909. The van der Waals surface area contributed by atoms with E-state index in [-0.39, 0.29) is 13.0 Å². The molecule has 1 fully saturated rings. The molecule has 18 heavy (non-hydrogen) atoms. The normalized spacial score (nSPS) is 25.7. The zero-order valence-corrected chi connectivity index (χ0v) is 10.7. The number of rotatable bonds is 1. The van der Waals surface area contributed by atoms with Crippen LogP contribution in [0.1, 0.15) is 27.2 Å². The number of alkyl halides is 3. The van der Waals surface area contributed by atoms with E-state index in [4.69, 9.17) is 4.74 Å². The predicted octanol–water partition coefficient (Wildman–Crippen LogP) is 2.05. The van der Waals surface area contributed by atoms with Crippen molar-refractivity contribution in [1.82, 2.24) is 10.6 Å². The van der Waals surface area contributed by atoms with E-state index in [0.717, 1.165) is 0 Å².